The lowest BCUT2D eigenvalue weighted by molar-refractivity contribution is 0.941. The minimum atomic E-state index is 0.829. The van der Waals surface area contributed by atoms with Gasteiger partial charge in [0.2, 0.25) is 0 Å². The normalized spacial score (nSPS) is 9.25. The van der Waals surface area contributed by atoms with Crippen LogP contribution in [0.4, 0.5) is 0 Å². The molecular formula is C40H52N8. The standard InChI is InChI=1S/C8H10.2C7H9N.3C6H8N2/c1-7-3-5-8(2)6-4-7;2*1-6-3-4-7(2)8-5-6;2*1-5-3-7-6(2)8-4-5;1-5-3-4-6(2)8-7-5/h3-6H,1-2H3;2*3-5H,1-2H3;3*3-4H,1-2H3. The molecule has 0 unspecified atom stereocenters. The fourth-order valence-electron chi connectivity index (χ4n) is 3.10. The molecule has 5 aromatic heterocycles. The van der Waals surface area contributed by atoms with Gasteiger partial charge in [0.05, 0.1) is 11.4 Å². The molecule has 0 saturated heterocycles. The summed E-state index contributed by atoms with van der Waals surface area (Å²) >= 11 is 0. The molecule has 8 heteroatoms. The first-order valence-electron chi connectivity index (χ1n) is 15.8. The van der Waals surface area contributed by atoms with E-state index in [1.165, 1.54) is 22.3 Å². The Balaban J connectivity index is 0.000000288. The average Bonchev–Trinajstić information content (AvgIpc) is 3.07. The highest BCUT2D eigenvalue weighted by atomic mass is 15.1. The summed E-state index contributed by atoms with van der Waals surface area (Å²) in [5.41, 5.74) is 11.4. The fraction of sp³-hybridized carbons (Fsp3) is 0.300. The van der Waals surface area contributed by atoms with Crippen molar-refractivity contribution in [2.24, 2.45) is 0 Å². The van der Waals surface area contributed by atoms with E-state index in [9.17, 15) is 0 Å². The predicted octanol–water partition coefficient (Wildman–Crippen LogP) is 8.98. The van der Waals surface area contributed by atoms with Gasteiger partial charge in [0, 0.05) is 48.6 Å². The molecule has 0 saturated carbocycles. The van der Waals surface area contributed by atoms with Gasteiger partial charge >= 0.3 is 0 Å². The van der Waals surface area contributed by atoms with Crippen molar-refractivity contribution in [1.82, 2.24) is 40.1 Å². The average molecular weight is 645 g/mol. The second-order valence-electron chi connectivity index (χ2n) is 11.5. The third kappa shape index (κ3) is 21.5. The second kappa shape index (κ2) is 23.1. The molecule has 0 aliphatic carbocycles. The van der Waals surface area contributed by atoms with E-state index in [-0.39, 0.29) is 0 Å². The molecule has 0 amide bonds. The van der Waals surface area contributed by atoms with Gasteiger partial charge in [0.1, 0.15) is 11.6 Å². The minimum Gasteiger partial charge on any atom is -0.261 e. The third-order valence-electron chi connectivity index (χ3n) is 6.09. The first kappa shape index (κ1) is 40.8. The molecule has 6 rings (SSSR count). The van der Waals surface area contributed by atoms with Crippen LogP contribution in [0.3, 0.4) is 0 Å². The maximum absolute atomic E-state index is 4.08. The van der Waals surface area contributed by atoms with Crippen molar-refractivity contribution in [2.45, 2.75) is 83.1 Å². The third-order valence-corrected chi connectivity index (χ3v) is 6.09. The van der Waals surface area contributed by atoms with E-state index in [1.807, 2.05) is 131 Å². The van der Waals surface area contributed by atoms with Crippen LogP contribution in [0, 0.1) is 83.1 Å². The molecule has 5 heterocycles. The number of pyridine rings is 2. The lowest BCUT2D eigenvalue weighted by Gasteiger charge is -1.90. The molecule has 252 valence electrons. The fourth-order valence-corrected chi connectivity index (χ4v) is 3.10. The Morgan fingerprint density at radius 3 is 0.708 bits per heavy atom. The number of rotatable bonds is 0. The summed E-state index contributed by atoms with van der Waals surface area (Å²) in [7, 11) is 0. The number of nitrogens with zero attached hydrogens (tertiary/aromatic N) is 8. The van der Waals surface area contributed by atoms with Gasteiger partial charge in [-0.3, -0.25) is 9.97 Å². The van der Waals surface area contributed by atoms with Crippen molar-refractivity contribution in [3.8, 4) is 0 Å². The van der Waals surface area contributed by atoms with Gasteiger partial charge in [-0.1, -0.05) is 47.5 Å². The Kier molecular flexibility index (Phi) is 19.7. The number of hydrogen-bond acceptors (Lipinski definition) is 8. The van der Waals surface area contributed by atoms with Crippen LogP contribution in [0.15, 0.2) is 97.8 Å². The van der Waals surface area contributed by atoms with Crippen LogP contribution in [-0.4, -0.2) is 40.1 Å². The van der Waals surface area contributed by atoms with Gasteiger partial charge in [-0.2, -0.15) is 10.2 Å². The zero-order valence-electron chi connectivity index (χ0n) is 30.8. The maximum atomic E-state index is 4.08. The second-order valence-corrected chi connectivity index (χ2v) is 11.5. The SMILES string of the molecule is Cc1ccc(C)cc1.Cc1ccc(C)nc1.Cc1ccc(C)nc1.Cc1ccc(C)nn1.Cc1cnc(C)nc1.Cc1cnc(C)nc1. The van der Waals surface area contributed by atoms with E-state index in [2.05, 4.69) is 90.3 Å². The topological polar surface area (TPSA) is 103 Å². The van der Waals surface area contributed by atoms with Gasteiger partial charge in [0.15, 0.2) is 0 Å². The Labute approximate surface area is 288 Å². The number of aromatic nitrogens is 8. The van der Waals surface area contributed by atoms with Crippen LogP contribution in [-0.2, 0) is 0 Å². The molecule has 1 aromatic carbocycles. The number of benzene rings is 1. The van der Waals surface area contributed by atoms with Crippen molar-refractivity contribution in [3.63, 3.8) is 0 Å². The number of aryl methyl sites for hydroxylation is 12. The molecule has 0 aliphatic heterocycles. The molecule has 0 aliphatic rings. The lowest BCUT2D eigenvalue weighted by atomic mass is 10.2. The van der Waals surface area contributed by atoms with Gasteiger partial charge in [0.25, 0.3) is 0 Å². The molecule has 6 aromatic rings. The largest absolute Gasteiger partial charge is 0.261 e. The molecule has 8 nitrogen and oxygen atoms in total. The zero-order chi connectivity index (χ0) is 35.9. The number of hydrogen-bond donors (Lipinski definition) is 0. The van der Waals surface area contributed by atoms with Crippen molar-refractivity contribution in [3.05, 3.63) is 166 Å². The Morgan fingerprint density at radius 1 is 0.250 bits per heavy atom. The zero-order valence-corrected chi connectivity index (χ0v) is 30.8. The Bertz CT molecular complexity index is 1200. The lowest BCUT2D eigenvalue weighted by Crippen LogP contribution is -1.86. The highest BCUT2D eigenvalue weighted by molar-refractivity contribution is 5.19. The van der Waals surface area contributed by atoms with Crippen molar-refractivity contribution >= 4 is 0 Å². The van der Waals surface area contributed by atoms with Crippen molar-refractivity contribution in [2.75, 3.05) is 0 Å². The molecule has 48 heavy (non-hydrogen) atoms. The first-order valence-corrected chi connectivity index (χ1v) is 15.8. The molecule has 0 N–H and O–H groups in total. The van der Waals surface area contributed by atoms with Crippen LogP contribution in [0.2, 0.25) is 0 Å². The summed E-state index contributed by atoms with van der Waals surface area (Å²) in [5.74, 6) is 1.66. The molecule has 0 radical (unpaired) electrons. The summed E-state index contributed by atoms with van der Waals surface area (Å²) in [4.78, 5) is 24.0. The Morgan fingerprint density at radius 2 is 0.500 bits per heavy atom. The summed E-state index contributed by atoms with van der Waals surface area (Å²) in [6, 6.07) is 20.5. The van der Waals surface area contributed by atoms with E-state index < -0.39 is 0 Å². The molecular weight excluding hydrogens is 592 g/mol. The highest BCUT2D eigenvalue weighted by Gasteiger charge is 1.85. The molecule has 0 bridgehead atoms. The maximum Gasteiger partial charge on any atom is 0.125 e. The minimum absolute atomic E-state index is 0.829. The summed E-state index contributed by atoms with van der Waals surface area (Å²) in [6.45, 7) is 23.8. The molecule has 0 fully saturated rings. The van der Waals surface area contributed by atoms with E-state index in [0.29, 0.717) is 0 Å². The van der Waals surface area contributed by atoms with Crippen LogP contribution in [0.1, 0.15) is 67.8 Å². The summed E-state index contributed by atoms with van der Waals surface area (Å²) in [6.07, 6.45) is 11.0. The highest BCUT2D eigenvalue weighted by Crippen LogP contribution is 1.99. The van der Waals surface area contributed by atoms with Gasteiger partial charge in [-0.05, 0) is 130 Å². The van der Waals surface area contributed by atoms with Crippen LogP contribution in [0.5, 0.6) is 0 Å². The van der Waals surface area contributed by atoms with Gasteiger partial charge in [-0.25, -0.2) is 19.9 Å². The quantitative estimate of drug-likeness (QED) is 0.161. The monoisotopic (exact) mass is 644 g/mol. The molecule has 0 atom stereocenters. The summed E-state index contributed by atoms with van der Waals surface area (Å²) in [5, 5.41) is 7.66. The first-order chi connectivity index (χ1) is 22.7. The van der Waals surface area contributed by atoms with Crippen LogP contribution in [0.25, 0.3) is 0 Å². The van der Waals surface area contributed by atoms with E-state index in [0.717, 1.165) is 45.6 Å². The molecule has 0 spiro atoms. The summed E-state index contributed by atoms with van der Waals surface area (Å²) < 4.78 is 0. The van der Waals surface area contributed by atoms with Gasteiger partial charge < -0.3 is 0 Å². The van der Waals surface area contributed by atoms with E-state index in [4.69, 9.17) is 0 Å². The van der Waals surface area contributed by atoms with Crippen LogP contribution < -0.4 is 0 Å². The van der Waals surface area contributed by atoms with Crippen molar-refractivity contribution in [1.29, 1.82) is 0 Å². The smallest absolute Gasteiger partial charge is 0.125 e. The van der Waals surface area contributed by atoms with Gasteiger partial charge in [-0.15, -0.1) is 0 Å². The van der Waals surface area contributed by atoms with Crippen LogP contribution >= 0.6 is 0 Å². The van der Waals surface area contributed by atoms with E-state index >= 15 is 0 Å². The van der Waals surface area contributed by atoms with E-state index in [1.54, 1.807) is 0 Å². The predicted molar refractivity (Wildman–Crippen MR) is 198 cm³/mol. The van der Waals surface area contributed by atoms with Crippen molar-refractivity contribution < 1.29 is 0 Å². The Hall–Kier alpha value is -5.24.